The lowest BCUT2D eigenvalue weighted by Crippen LogP contribution is -2.22. The molecule has 4 rings (SSSR count). The molecule has 0 spiro atoms. The summed E-state index contributed by atoms with van der Waals surface area (Å²) in [5.74, 6) is 1.56. The minimum absolute atomic E-state index is 0.0347. The molecule has 0 atom stereocenters. The molecule has 0 aliphatic heterocycles. The standard InChI is InChI=1S/C21H24N2O3S2/c1-3-25-12-13-27-21-22-19-18(16-6-5-7-17(16)28-19)20(24)23(21)14-8-10-15(11-9-14)26-4-2/h8-11H,3-7,12-13H2,1-2H3. The van der Waals surface area contributed by atoms with E-state index in [4.69, 9.17) is 14.5 Å². The van der Waals surface area contributed by atoms with Crippen LogP contribution in [0.25, 0.3) is 15.9 Å². The molecule has 0 bridgehead atoms. The van der Waals surface area contributed by atoms with Gasteiger partial charge < -0.3 is 9.47 Å². The quantitative estimate of drug-likeness (QED) is 0.308. The van der Waals surface area contributed by atoms with Crippen LogP contribution >= 0.6 is 23.1 Å². The Kier molecular flexibility index (Phi) is 6.04. The third-order valence-corrected chi connectivity index (χ3v) is 6.87. The van der Waals surface area contributed by atoms with Crippen molar-refractivity contribution in [2.45, 2.75) is 38.3 Å². The lowest BCUT2D eigenvalue weighted by atomic mass is 10.2. The fraction of sp³-hybridized carbons (Fsp3) is 0.429. The topological polar surface area (TPSA) is 53.3 Å². The average Bonchev–Trinajstić information content (AvgIpc) is 3.27. The van der Waals surface area contributed by atoms with Gasteiger partial charge in [-0.15, -0.1) is 11.3 Å². The highest BCUT2D eigenvalue weighted by Gasteiger charge is 2.23. The lowest BCUT2D eigenvalue weighted by Gasteiger charge is -2.13. The number of aryl methyl sites for hydroxylation is 2. The molecule has 1 aliphatic carbocycles. The van der Waals surface area contributed by atoms with Crippen molar-refractivity contribution in [3.05, 3.63) is 45.1 Å². The van der Waals surface area contributed by atoms with Crippen molar-refractivity contribution in [3.63, 3.8) is 0 Å². The summed E-state index contributed by atoms with van der Waals surface area (Å²) < 4.78 is 12.8. The highest BCUT2D eigenvalue weighted by atomic mass is 32.2. The summed E-state index contributed by atoms with van der Waals surface area (Å²) in [6.07, 6.45) is 3.17. The lowest BCUT2D eigenvalue weighted by molar-refractivity contribution is 0.164. The third-order valence-electron chi connectivity index (χ3n) is 4.78. The number of nitrogens with zero attached hydrogens (tertiary/aromatic N) is 2. The Morgan fingerprint density at radius 1 is 1.18 bits per heavy atom. The summed E-state index contributed by atoms with van der Waals surface area (Å²) in [5, 5.41) is 1.53. The molecule has 0 fully saturated rings. The van der Waals surface area contributed by atoms with Crippen molar-refractivity contribution in [2.24, 2.45) is 0 Å². The second-order valence-corrected chi connectivity index (χ2v) is 8.69. The van der Waals surface area contributed by atoms with E-state index in [9.17, 15) is 4.79 Å². The van der Waals surface area contributed by atoms with Crippen LogP contribution in [-0.4, -0.2) is 35.1 Å². The van der Waals surface area contributed by atoms with Gasteiger partial charge in [-0.2, -0.15) is 0 Å². The maximum atomic E-state index is 13.5. The summed E-state index contributed by atoms with van der Waals surface area (Å²) in [5.41, 5.74) is 2.07. The fourth-order valence-electron chi connectivity index (χ4n) is 3.54. The first-order chi connectivity index (χ1) is 13.7. The van der Waals surface area contributed by atoms with E-state index < -0.39 is 0 Å². The van der Waals surface area contributed by atoms with Gasteiger partial charge in [0.15, 0.2) is 5.16 Å². The first kappa shape index (κ1) is 19.5. The monoisotopic (exact) mass is 416 g/mol. The van der Waals surface area contributed by atoms with Gasteiger partial charge in [-0.05, 0) is 62.9 Å². The molecule has 0 unspecified atom stereocenters. The van der Waals surface area contributed by atoms with Crippen molar-refractivity contribution in [1.82, 2.24) is 9.55 Å². The van der Waals surface area contributed by atoms with Crippen LogP contribution in [0.1, 0.15) is 30.7 Å². The molecule has 2 aromatic heterocycles. The van der Waals surface area contributed by atoms with Gasteiger partial charge in [0.1, 0.15) is 10.6 Å². The molecule has 1 aromatic carbocycles. The van der Waals surface area contributed by atoms with Gasteiger partial charge in [-0.25, -0.2) is 4.98 Å². The summed E-state index contributed by atoms with van der Waals surface area (Å²) in [4.78, 5) is 20.6. The highest BCUT2D eigenvalue weighted by Crippen LogP contribution is 2.36. The number of rotatable bonds is 8. The average molecular weight is 417 g/mol. The van der Waals surface area contributed by atoms with Gasteiger partial charge in [0.25, 0.3) is 5.56 Å². The van der Waals surface area contributed by atoms with Crippen LogP contribution in [0.4, 0.5) is 0 Å². The first-order valence-corrected chi connectivity index (χ1v) is 11.5. The number of thioether (sulfide) groups is 1. The molecular weight excluding hydrogens is 392 g/mol. The zero-order valence-corrected chi connectivity index (χ0v) is 17.8. The number of benzene rings is 1. The molecule has 0 saturated carbocycles. The molecule has 0 radical (unpaired) electrons. The van der Waals surface area contributed by atoms with Gasteiger partial charge in [-0.3, -0.25) is 9.36 Å². The van der Waals surface area contributed by atoms with E-state index in [1.165, 1.54) is 10.4 Å². The third kappa shape index (κ3) is 3.71. The van der Waals surface area contributed by atoms with Gasteiger partial charge in [0.2, 0.25) is 0 Å². The van der Waals surface area contributed by atoms with Crippen LogP contribution in [-0.2, 0) is 17.6 Å². The summed E-state index contributed by atoms with van der Waals surface area (Å²) in [6, 6.07) is 7.67. The van der Waals surface area contributed by atoms with Crippen molar-refractivity contribution in [3.8, 4) is 11.4 Å². The van der Waals surface area contributed by atoms with E-state index in [1.54, 1.807) is 27.7 Å². The molecule has 0 amide bonds. The van der Waals surface area contributed by atoms with Crippen LogP contribution in [0.15, 0.2) is 34.2 Å². The summed E-state index contributed by atoms with van der Waals surface area (Å²) >= 11 is 3.25. The molecule has 148 valence electrons. The first-order valence-electron chi connectivity index (χ1n) is 9.74. The van der Waals surface area contributed by atoms with Crippen molar-refractivity contribution in [1.29, 1.82) is 0 Å². The van der Waals surface area contributed by atoms with E-state index in [0.717, 1.165) is 51.8 Å². The molecule has 7 heteroatoms. The fourth-order valence-corrected chi connectivity index (χ4v) is 5.71. The van der Waals surface area contributed by atoms with Crippen LogP contribution in [0, 0.1) is 0 Å². The predicted octanol–water partition coefficient (Wildman–Crippen LogP) is 4.46. The Labute approximate surface area is 172 Å². The highest BCUT2D eigenvalue weighted by molar-refractivity contribution is 7.99. The number of thiophene rings is 1. The molecule has 1 aliphatic rings. The van der Waals surface area contributed by atoms with E-state index in [1.807, 2.05) is 38.1 Å². The van der Waals surface area contributed by atoms with Crippen molar-refractivity contribution in [2.75, 3.05) is 25.6 Å². The number of fused-ring (bicyclic) bond motifs is 3. The summed E-state index contributed by atoms with van der Waals surface area (Å²) in [7, 11) is 0. The molecule has 2 heterocycles. The molecule has 28 heavy (non-hydrogen) atoms. The number of aromatic nitrogens is 2. The van der Waals surface area contributed by atoms with E-state index in [2.05, 4.69) is 0 Å². The van der Waals surface area contributed by atoms with Crippen LogP contribution in [0.2, 0.25) is 0 Å². The molecule has 3 aromatic rings. The van der Waals surface area contributed by atoms with Crippen LogP contribution in [0.5, 0.6) is 5.75 Å². The van der Waals surface area contributed by atoms with Crippen LogP contribution < -0.4 is 10.3 Å². The summed E-state index contributed by atoms with van der Waals surface area (Å²) in [6.45, 7) is 5.89. The van der Waals surface area contributed by atoms with Gasteiger partial charge in [-0.1, -0.05) is 11.8 Å². The van der Waals surface area contributed by atoms with E-state index in [-0.39, 0.29) is 5.56 Å². The second kappa shape index (κ2) is 8.68. The Bertz CT molecular complexity index is 1020. The normalized spacial score (nSPS) is 13.2. The van der Waals surface area contributed by atoms with Crippen LogP contribution in [0.3, 0.4) is 0 Å². The maximum Gasteiger partial charge on any atom is 0.267 e. The van der Waals surface area contributed by atoms with E-state index >= 15 is 0 Å². The zero-order chi connectivity index (χ0) is 19.5. The Morgan fingerprint density at radius 2 is 2.00 bits per heavy atom. The van der Waals surface area contributed by atoms with Gasteiger partial charge in [0.05, 0.1) is 24.3 Å². The molecule has 0 saturated heterocycles. The molecule has 0 N–H and O–H groups in total. The Morgan fingerprint density at radius 3 is 2.75 bits per heavy atom. The second-order valence-electron chi connectivity index (χ2n) is 6.54. The van der Waals surface area contributed by atoms with Crippen molar-refractivity contribution < 1.29 is 9.47 Å². The number of hydrogen-bond donors (Lipinski definition) is 0. The largest absolute Gasteiger partial charge is 0.494 e. The molecule has 5 nitrogen and oxygen atoms in total. The minimum atomic E-state index is 0.0347. The van der Waals surface area contributed by atoms with E-state index in [0.29, 0.717) is 19.8 Å². The maximum absolute atomic E-state index is 13.5. The number of ether oxygens (including phenoxy) is 2. The van der Waals surface area contributed by atoms with Crippen molar-refractivity contribution >= 4 is 33.3 Å². The zero-order valence-electron chi connectivity index (χ0n) is 16.2. The SMILES string of the molecule is CCOCCSc1nc2sc3c(c2c(=O)n1-c1ccc(OCC)cc1)CCC3. The Balaban J connectivity index is 1.80. The Hall–Kier alpha value is -1.83. The van der Waals surface area contributed by atoms with Gasteiger partial charge in [0, 0.05) is 17.2 Å². The number of hydrogen-bond acceptors (Lipinski definition) is 6. The minimum Gasteiger partial charge on any atom is -0.494 e. The molecular formula is C21H24N2O3S2. The predicted molar refractivity (Wildman–Crippen MR) is 116 cm³/mol. The smallest absolute Gasteiger partial charge is 0.267 e. The van der Waals surface area contributed by atoms with Gasteiger partial charge >= 0.3 is 0 Å².